The predicted molar refractivity (Wildman–Crippen MR) is 82.5 cm³/mol. The summed E-state index contributed by atoms with van der Waals surface area (Å²) in [4.78, 5) is 12.2. The van der Waals surface area contributed by atoms with Crippen molar-refractivity contribution in [3.63, 3.8) is 0 Å². The smallest absolute Gasteiger partial charge is 0.234 e. The largest absolute Gasteiger partial charge is 0.392 e. The maximum Gasteiger partial charge on any atom is 0.234 e. The fourth-order valence-corrected chi connectivity index (χ4v) is 2.47. The zero-order valence-corrected chi connectivity index (χ0v) is 12.4. The van der Waals surface area contributed by atoms with Gasteiger partial charge in [-0.25, -0.2) is 0 Å². The van der Waals surface area contributed by atoms with Crippen LogP contribution in [0.1, 0.15) is 17.9 Å². The van der Waals surface area contributed by atoms with Crippen molar-refractivity contribution in [1.82, 2.24) is 5.32 Å². The lowest BCUT2D eigenvalue weighted by Gasteiger charge is -2.15. The molecule has 0 fully saturated rings. The first kappa shape index (κ1) is 15.8. The van der Waals surface area contributed by atoms with Crippen molar-refractivity contribution in [3.05, 3.63) is 35.9 Å². The molecule has 1 aromatic carbocycles. The molecule has 1 aromatic rings. The molecule has 0 aromatic heterocycles. The van der Waals surface area contributed by atoms with Gasteiger partial charge in [0.25, 0.3) is 0 Å². The van der Waals surface area contributed by atoms with E-state index in [0.717, 1.165) is 5.56 Å². The summed E-state index contributed by atoms with van der Waals surface area (Å²) in [5.41, 5.74) is 6.43. The van der Waals surface area contributed by atoms with Crippen LogP contribution in [-0.4, -0.2) is 33.7 Å². The second-order valence-electron chi connectivity index (χ2n) is 4.17. The minimum atomic E-state index is -0.838. The molecule has 104 valence electrons. The number of thiocarbonyl (C=S) groups is 1. The van der Waals surface area contributed by atoms with Gasteiger partial charge in [0.15, 0.2) is 0 Å². The van der Waals surface area contributed by atoms with Crippen LogP contribution in [0.25, 0.3) is 0 Å². The number of carbonyl (C=O) groups is 1. The van der Waals surface area contributed by atoms with Crippen molar-refractivity contribution in [2.24, 2.45) is 5.73 Å². The third-order valence-corrected chi connectivity index (χ3v) is 3.69. The molecule has 1 amide bonds. The number of nitrogens with two attached hydrogens (primary N) is 1. The Morgan fingerprint density at radius 2 is 2.05 bits per heavy atom. The minimum Gasteiger partial charge on any atom is -0.392 e. The molecule has 3 N–H and O–H groups in total. The average molecular weight is 298 g/mol. The van der Waals surface area contributed by atoms with E-state index >= 15 is 0 Å². The van der Waals surface area contributed by atoms with Gasteiger partial charge in [-0.1, -0.05) is 42.5 Å². The van der Waals surface area contributed by atoms with Crippen molar-refractivity contribution in [2.45, 2.75) is 12.3 Å². The highest BCUT2D eigenvalue weighted by atomic mass is 32.2. The van der Waals surface area contributed by atoms with Crippen LogP contribution in [-0.2, 0) is 15.6 Å². The summed E-state index contributed by atoms with van der Waals surface area (Å²) in [6.07, 6.45) is 2.32. The first-order valence-electron chi connectivity index (χ1n) is 5.94. The fraction of sp³-hybridized carbons (Fsp3) is 0.385. The molecule has 0 aliphatic carbocycles. The molecule has 2 atom stereocenters. The van der Waals surface area contributed by atoms with Crippen LogP contribution in [0, 0.1) is 0 Å². The zero-order valence-electron chi connectivity index (χ0n) is 10.8. The molecule has 0 radical (unpaired) electrons. The van der Waals surface area contributed by atoms with Gasteiger partial charge >= 0.3 is 0 Å². The summed E-state index contributed by atoms with van der Waals surface area (Å²) in [5, 5.41) is 2.78. The van der Waals surface area contributed by atoms with Gasteiger partial charge in [-0.15, -0.1) is 0 Å². The minimum absolute atomic E-state index is 0.155. The Balaban J connectivity index is 2.60. The first-order chi connectivity index (χ1) is 9.02. The highest BCUT2D eigenvalue weighted by Gasteiger charge is 2.22. The second-order valence-corrected chi connectivity index (χ2v) is 6.19. The molecule has 0 aliphatic heterocycles. The highest BCUT2D eigenvalue weighted by molar-refractivity contribution is 7.84. The number of benzene rings is 1. The number of hydrogen-bond acceptors (Lipinski definition) is 3. The van der Waals surface area contributed by atoms with Gasteiger partial charge in [0.1, 0.15) is 5.92 Å². The average Bonchev–Trinajstić information content (AvgIpc) is 2.35. The van der Waals surface area contributed by atoms with Crippen LogP contribution < -0.4 is 11.1 Å². The van der Waals surface area contributed by atoms with Crippen LogP contribution in [0.5, 0.6) is 0 Å². The lowest BCUT2D eigenvalue weighted by Crippen LogP contribution is -2.36. The molecule has 4 nitrogen and oxygen atoms in total. The molecule has 0 spiro atoms. The van der Waals surface area contributed by atoms with Crippen molar-refractivity contribution >= 4 is 33.9 Å². The Hall–Kier alpha value is -1.27. The third-order valence-electron chi connectivity index (χ3n) is 2.59. The van der Waals surface area contributed by atoms with E-state index in [9.17, 15) is 9.00 Å². The van der Waals surface area contributed by atoms with Crippen LogP contribution in [0.2, 0.25) is 0 Å². The van der Waals surface area contributed by atoms with E-state index < -0.39 is 16.7 Å². The van der Waals surface area contributed by atoms with Crippen LogP contribution >= 0.6 is 12.2 Å². The van der Waals surface area contributed by atoms with E-state index in [1.807, 2.05) is 30.3 Å². The van der Waals surface area contributed by atoms with E-state index in [1.54, 1.807) is 6.26 Å². The summed E-state index contributed by atoms with van der Waals surface area (Å²) in [6.45, 7) is 0.477. The number of rotatable bonds is 7. The summed E-state index contributed by atoms with van der Waals surface area (Å²) < 4.78 is 10.9. The van der Waals surface area contributed by atoms with E-state index in [2.05, 4.69) is 5.32 Å². The molecular formula is C13H18N2O2S2. The lowest BCUT2D eigenvalue weighted by molar-refractivity contribution is -0.121. The Bertz CT molecular complexity index is 463. The van der Waals surface area contributed by atoms with Crippen molar-refractivity contribution in [3.8, 4) is 0 Å². The standard InChI is InChI=1S/C13H18N2O2S2/c1-19(17)9-5-8-15-13(16)11(12(14)18)10-6-3-2-4-7-10/h2-4,6-7,11H,5,8-9H2,1H3,(H2,14,18)(H,15,16). The van der Waals surface area contributed by atoms with Crippen molar-refractivity contribution in [1.29, 1.82) is 0 Å². The quantitative estimate of drug-likeness (QED) is 0.580. The van der Waals surface area contributed by atoms with Crippen LogP contribution in [0.15, 0.2) is 30.3 Å². The van der Waals surface area contributed by atoms with E-state index in [0.29, 0.717) is 18.7 Å². The van der Waals surface area contributed by atoms with Gasteiger partial charge in [-0.05, 0) is 12.0 Å². The summed E-state index contributed by atoms with van der Waals surface area (Å²) in [5.74, 6) is -0.243. The molecule has 2 unspecified atom stereocenters. The molecular weight excluding hydrogens is 280 g/mol. The normalized spacial score (nSPS) is 13.5. The third kappa shape index (κ3) is 5.48. The van der Waals surface area contributed by atoms with E-state index in [4.69, 9.17) is 18.0 Å². The number of amides is 1. The number of carbonyl (C=O) groups excluding carboxylic acids is 1. The van der Waals surface area contributed by atoms with Gasteiger partial charge in [-0.2, -0.15) is 0 Å². The first-order valence-corrected chi connectivity index (χ1v) is 8.08. The van der Waals surface area contributed by atoms with Gasteiger partial charge in [0, 0.05) is 29.4 Å². The molecule has 0 heterocycles. The van der Waals surface area contributed by atoms with Gasteiger partial charge in [0.2, 0.25) is 5.91 Å². The highest BCUT2D eigenvalue weighted by Crippen LogP contribution is 2.16. The zero-order chi connectivity index (χ0) is 14.3. The Kier molecular flexibility index (Phi) is 6.66. The van der Waals surface area contributed by atoms with Gasteiger partial charge in [-0.3, -0.25) is 9.00 Å². The SMILES string of the molecule is CS(=O)CCCNC(=O)C(C(N)=S)c1ccccc1. The summed E-state index contributed by atoms with van der Waals surface area (Å²) in [6, 6.07) is 9.20. The Morgan fingerprint density at radius 3 is 2.58 bits per heavy atom. The molecule has 0 saturated carbocycles. The van der Waals surface area contributed by atoms with Crippen LogP contribution in [0.4, 0.5) is 0 Å². The van der Waals surface area contributed by atoms with Gasteiger partial charge in [0.05, 0.1) is 4.99 Å². The molecule has 1 rings (SSSR count). The molecule has 6 heteroatoms. The Morgan fingerprint density at radius 1 is 1.42 bits per heavy atom. The van der Waals surface area contributed by atoms with E-state index in [1.165, 1.54) is 0 Å². The maximum absolute atomic E-state index is 12.1. The number of nitrogens with one attached hydrogen (secondary N) is 1. The van der Waals surface area contributed by atoms with Gasteiger partial charge < -0.3 is 11.1 Å². The monoisotopic (exact) mass is 298 g/mol. The van der Waals surface area contributed by atoms with E-state index in [-0.39, 0.29) is 10.9 Å². The summed E-state index contributed by atoms with van der Waals surface area (Å²) >= 11 is 4.96. The maximum atomic E-state index is 12.1. The van der Waals surface area contributed by atoms with Crippen LogP contribution in [0.3, 0.4) is 0 Å². The topological polar surface area (TPSA) is 72.2 Å². The fourth-order valence-electron chi connectivity index (χ4n) is 1.68. The molecule has 0 bridgehead atoms. The molecule has 0 aliphatic rings. The lowest BCUT2D eigenvalue weighted by atomic mass is 9.98. The number of hydrogen-bond donors (Lipinski definition) is 2. The predicted octanol–water partition coefficient (Wildman–Crippen LogP) is 0.941. The molecule has 0 saturated heterocycles. The Labute approximate surface area is 121 Å². The second kappa shape index (κ2) is 8.01. The summed E-state index contributed by atoms with van der Waals surface area (Å²) in [7, 11) is -0.838. The van der Waals surface area contributed by atoms with Crippen molar-refractivity contribution in [2.75, 3.05) is 18.6 Å². The van der Waals surface area contributed by atoms with Crippen molar-refractivity contribution < 1.29 is 9.00 Å². The molecule has 19 heavy (non-hydrogen) atoms.